The van der Waals surface area contributed by atoms with E-state index in [1.807, 2.05) is 0 Å². The first-order valence-electron chi connectivity index (χ1n) is 8.41. The molecular weight excluding hydrogens is 365 g/mol. The van der Waals surface area contributed by atoms with Crippen LogP contribution in [0, 0.1) is 6.92 Å². The summed E-state index contributed by atoms with van der Waals surface area (Å²) in [6, 6.07) is 4.35. The number of aryl methyl sites for hydroxylation is 1. The van der Waals surface area contributed by atoms with Gasteiger partial charge in [-0.05, 0) is 43.0 Å². The zero-order chi connectivity index (χ0) is 19.8. The quantitative estimate of drug-likeness (QED) is 0.850. The second-order valence-corrected chi connectivity index (χ2v) is 6.58. The molecule has 1 fully saturated rings. The zero-order valence-corrected chi connectivity index (χ0v) is 14.8. The number of H-pyrrole nitrogens is 1. The number of benzene rings is 1. The standard InChI is InChI=1S/C18H19F3N2O4/c1-10-7-12(18(19,20)21)3-4-13(10)14-8-11(15-9-16(24)22-27-15)5-6-23(14)17(25)26-2/h3-4,7,9,11,14H,5-6,8H2,1-2H3,(H,22,24). The summed E-state index contributed by atoms with van der Waals surface area (Å²) < 4.78 is 48.9. The summed E-state index contributed by atoms with van der Waals surface area (Å²) in [5, 5.41) is 2.24. The van der Waals surface area contributed by atoms with E-state index in [2.05, 4.69) is 5.16 Å². The van der Waals surface area contributed by atoms with Crippen molar-refractivity contribution in [3.63, 3.8) is 0 Å². The van der Waals surface area contributed by atoms with Gasteiger partial charge in [0.25, 0.3) is 5.56 Å². The Morgan fingerprint density at radius 2 is 2.07 bits per heavy atom. The molecular formula is C18H19F3N2O4. The van der Waals surface area contributed by atoms with Gasteiger partial charge in [0.15, 0.2) is 0 Å². The molecule has 1 saturated heterocycles. The van der Waals surface area contributed by atoms with Gasteiger partial charge in [0.1, 0.15) is 5.76 Å². The van der Waals surface area contributed by atoms with Crippen LogP contribution >= 0.6 is 0 Å². The number of aromatic amines is 1. The van der Waals surface area contributed by atoms with Gasteiger partial charge in [0, 0.05) is 18.5 Å². The fourth-order valence-electron chi connectivity index (χ4n) is 3.58. The minimum Gasteiger partial charge on any atom is -0.453 e. The van der Waals surface area contributed by atoms with Crippen molar-refractivity contribution in [2.75, 3.05) is 13.7 Å². The minimum atomic E-state index is -4.44. The largest absolute Gasteiger partial charge is 0.453 e. The van der Waals surface area contributed by atoms with Gasteiger partial charge in [-0.2, -0.15) is 18.3 Å². The maximum atomic E-state index is 13.0. The predicted molar refractivity (Wildman–Crippen MR) is 89.3 cm³/mol. The van der Waals surface area contributed by atoms with E-state index in [1.165, 1.54) is 24.1 Å². The number of amides is 1. The SMILES string of the molecule is COC(=O)N1CCC(c2cc(=O)[nH]o2)CC1c1ccc(C(F)(F)F)cc1C. The summed E-state index contributed by atoms with van der Waals surface area (Å²) >= 11 is 0. The Morgan fingerprint density at radius 1 is 1.33 bits per heavy atom. The summed E-state index contributed by atoms with van der Waals surface area (Å²) in [5.74, 6) is 0.329. The molecule has 1 amide bonds. The molecule has 2 heterocycles. The van der Waals surface area contributed by atoms with E-state index in [9.17, 15) is 22.8 Å². The van der Waals surface area contributed by atoms with Crippen molar-refractivity contribution in [2.45, 2.75) is 37.9 Å². The molecule has 2 unspecified atom stereocenters. The lowest BCUT2D eigenvalue weighted by Gasteiger charge is -2.38. The Labute approximate surface area is 152 Å². The molecule has 1 aliphatic heterocycles. The van der Waals surface area contributed by atoms with Crippen LogP contribution in [0.15, 0.2) is 33.6 Å². The summed E-state index contributed by atoms with van der Waals surface area (Å²) in [7, 11) is 1.26. The number of rotatable bonds is 2. The van der Waals surface area contributed by atoms with E-state index in [-0.39, 0.29) is 11.5 Å². The maximum Gasteiger partial charge on any atom is 0.416 e. The molecule has 27 heavy (non-hydrogen) atoms. The highest BCUT2D eigenvalue weighted by atomic mass is 19.4. The van der Waals surface area contributed by atoms with Crippen LogP contribution in [0.4, 0.5) is 18.0 Å². The molecule has 1 aromatic carbocycles. The van der Waals surface area contributed by atoms with E-state index in [0.717, 1.165) is 12.1 Å². The first-order valence-corrected chi connectivity index (χ1v) is 8.41. The third-order valence-electron chi connectivity index (χ3n) is 4.91. The van der Waals surface area contributed by atoms with Crippen LogP contribution in [0.2, 0.25) is 0 Å². The van der Waals surface area contributed by atoms with Crippen molar-refractivity contribution < 1.29 is 27.2 Å². The number of alkyl halides is 3. The van der Waals surface area contributed by atoms with Crippen LogP contribution in [0.3, 0.4) is 0 Å². The van der Waals surface area contributed by atoms with Crippen LogP contribution in [-0.4, -0.2) is 29.8 Å². The van der Waals surface area contributed by atoms with Gasteiger partial charge in [0.2, 0.25) is 0 Å². The number of nitrogens with zero attached hydrogens (tertiary/aromatic N) is 1. The van der Waals surface area contributed by atoms with Gasteiger partial charge in [-0.25, -0.2) is 4.79 Å². The van der Waals surface area contributed by atoms with E-state index >= 15 is 0 Å². The van der Waals surface area contributed by atoms with Gasteiger partial charge in [-0.1, -0.05) is 6.07 Å². The summed E-state index contributed by atoms with van der Waals surface area (Å²) in [5.41, 5.74) is -0.0594. The fraction of sp³-hybridized carbons (Fsp3) is 0.444. The number of hydrogen-bond acceptors (Lipinski definition) is 4. The lowest BCUT2D eigenvalue weighted by molar-refractivity contribution is -0.137. The fourth-order valence-corrected chi connectivity index (χ4v) is 3.58. The third kappa shape index (κ3) is 3.86. The topological polar surface area (TPSA) is 75.5 Å². The molecule has 0 saturated carbocycles. The molecule has 0 radical (unpaired) electrons. The van der Waals surface area contributed by atoms with Crippen molar-refractivity contribution in [1.82, 2.24) is 10.1 Å². The molecule has 9 heteroatoms. The van der Waals surface area contributed by atoms with E-state index < -0.39 is 23.9 Å². The molecule has 6 nitrogen and oxygen atoms in total. The molecule has 146 valence electrons. The van der Waals surface area contributed by atoms with Crippen LogP contribution in [0.25, 0.3) is 0 Å². The van der Waals surface area contributed by atoms with Gasteiger partial charge in [-0.15, -0.1) is 0 Å². The highest BCUT2D eigenvalue weighted by molar-refractivity contribution is 5.68. The van der Waals surface area contributed by atoms with Crippen molar-refractivity contribution in [1.29, 1.82) is 0 Å². The number of nitrogens with one attached hydrogen (secondary N) is 1. The van der Waals surface area contributed by atoms with Gasteiger partial charge in [-0.3, -0.25) is 4.79 Å². The predicted octanol–water partition coefficient (Wildman–Crippen LogP) is 3.98. The molecule has 0 bridgehead atoms. The zero-order valence-electron chi connectivity index (χ0n) is 14.8. The summed E-state index contributed by atoms with van der Waals surface area (Å²) in [4.78, 5) is 25.0. The number of aromatic nitrogens is 1. The van der Waals surface area contributed by atoms with Crippen LogP contribution < -0.4 is 5.56 Å². The number of piperidine rings is 1. The highest BCUT2D eigenvalue weighted by Crippen LogP contribution is 2.41. The number of carbonyl (C=O) groups excluding carboxylic acids is 1. The monoisotopic (exact) mass is 384 g/mol. The molecule has 1 aliphatic rings. The van der Waals surface area contributed by atoms with Crippen LogP contribution in [0.5, 0.6) is 0 Å². The Bertz CT molecular complexity index is 887. The van der Waals surface area contributed by atoms with Gasteiger partial charge in [0.05, 0.1) is 18.7 Å². The Kier molecular flexibility index (Phi) is 5.03. The Balaban J connectivity index is 1.96. The molecule has 3 rings (SSSR count). The Hall–Kier alpha value is -2.71. The molecule has 0 aliphatic carbocycles. The van der Waals surface area contributed by atoms with E-state index in [4.69, 9.17) is 9.26 Å². The number of carbonyl (C=O) groups is 1. The van der Waals surface area contributed by atoms with E-state index in [1.54, 1.807) is 6.92 Å². The van der Waals surface area contributed by atoms with Gasteiger partial charge < -0.3 is 14.2 Å². The first kappa shape index (κ1) is 19.1. The number of halogens is 3. The molecule has 2 aromatic rings. The van der Waals surface area contributed by atoms with Crippen molar-refractivity contribution in [3.05, 3.63) is 57.1 Å². The third-order valence-corrected chi connectivity index (χ3v) is 4.91. The smallest absolute Gasteiger partial charge is 0.416 e. The minimum absolute atomic E-state index is 0.142. The summed E-state index contributed by atoms with van der Waals surface area (Å²) in [6.45, 7) is 1.91. The second kappa shape index (κ2) is 7.13. The molecule has 0 spiro atoms. The van der Waals surface area contributed by atoms with Crippen molar-refractivity contribution in [2.24, 2.45) is 0 Å². The van der Waals surface area contributed by atoms with Gasteiger partial charge >= 0.3 is 12.3 Å². The first-order chi connectivity index (χ1) is 12.7. The highest BCUT2D eigenvalue weighted by Gasteiger charge is 2.37. The summed E-state index contributed by atoms with van der Waals surface area (Å²) in [6.07, 6.45) is -4.03. The number of ether oxygens (including phenoxy) is 1. The van der Waals surface area contributed by atoms with Crippen LogP contribution in [0.1, 0.15) is 47.3 Å². The van der Waals surface area contributed by atoms with Crippen molar-refractivity contribution >= 4 is 6.09 Å². The normalized spacial score (nSPS) is 20.6. The lowest BCUT2D eigenvalue weighted by atomic mass is 9.84. The maximum absolute atomic E-state index is 13.0. The number of hydrogen-bond donors (Lipinski definition) is 1. The molecule has 2 atom stereocenters. The second-order valence-electron chi connectivity index (χ2n) is 6.58. The number of methoxy groups -OCH3 is 1. The number of likely N-dealkylation sites (tertiary alicyclic amines) is 1. The average molecular weight is 384 g/mol. The van der Waals surface area contributed by atoms with E-state index in [0.29, 0.717) is 36.3 Å². The lowest BCUT2D eigenvalue weighted by Crippen LogP contribution is -2.40. The van der Waals surface area contributed by atoms with Crippen molar-refractivity contribution in [3.8, 4) is 0 Å². The Morgan fingerprint density at radius 3 is 2.63 bits per heavy atom. The molecule has 1 aromatic heterocycles. The molecule has 1 N–H and O–H groups in total. The average Bonchev–Trinajstić information content (AvgIpc) is 3.06. The van der Waals surface area contributed by atoms with Crippen LogP contribution in [-0.2, 0) is 10.9 Å².